The number of hydrogen-bond acceptors (Lipinski definition) is 4. The second-order valence-electron chi connectivity index (χ2n) is 7.00. The fourth-order valence-electron chi connectivity index (χ4n) is 3.54. The summed E-state index contributed by atoms with van der Waals surface area (Å²) < 4.78 is 19.4. The minimum absolute atomic E-state index is 0.287. The lowest BCUT2D eigenvalue weighted by atomic mass is 9.76. The lowest BCUT2D eigenvalue weighted by Crippen LogP contribution is -2.43. The smallest absolute Gasteiger partial charge is 0.325 e. The van der Waals surface area contributed by atoms with Crippen LogP contribution in [0.5, 0.6) is 0 Å². The number of carbonyl (C=O) groups is 2. The molecule has 1 aliphatic heterocycles. The van der Waals surface area contributed by atoms with Crippen LogP contribution < -0.4 is 0 Å². The zero-order valence-electron chi connectivity index (χ0n) is 15.2. The van der Waals surface area contributed by atoms with E-state index in [1.807, 2.05) is 30.7 Å². The van der Waals surface area contributed by atoms with Crippen molar-refractivity contribution in [2.75, 3.05) is 12.9 Å². The molecule has 0 N–H and O–H groups in total. The molecule has 138 valence electrons. The molecule has 1 aromatic heterocycles. The predicted molar refractivity (Wildman–Crippen MR) is 99.6 cm³/mol. The van der Waals surface area contributed by atoms with Crippen molar-refractivity contribution in [2.45, 2.75) is 37.1 Å². The lowest BCUT2D eigenvalue weighted by Gasteiger charge is -2.24. The van der Waals surface area contributed by atoms with Crippen LogP contribution in [0.25, 0.3) is 0 Å². The van der Waals surface area contributed by atoms with Crippen LogP contribution in [-0.4, -0.2) is 33.7 Å². The Hall–Kier alpha value is -2.05. The minimum atomic E-state index is -1.34. The van der Waals surface area contributed by atoms with E-state index in [-0.39, 0.29) is 11.7 Å². The number of ether oxygens (including phenoxy) is 1. The van der Waals surface area contributed by atoms with Crippen molar-refractivity contribution in [1.29, 1.82) is 0 Å². The molecular weight excluding hydrogens is 350 g/mol. The van der Waals surface area contributed by atoms with Crippen LogP contribution in [0.4, 0.5) is 0 Å². The Morgan fingerprint density at radius 3 is 2.77 bits per heavy atom. The highest BCUT2D eigenvalue weighted by molar-refractivity contribution is 7.91. The number of Topliss-reactive ketones (excluding diaryl/α,β-unsaturated/α-hetero) is 1. The van der Waals surface area contributed by atoms with E-state index in [0.717, 1.165) is 0 Å². The molecule has 0 bridgehead atoms. The van der Waals surface area contributed by atoms with Crippen molar-refractivity contribution in [2.24, 2.45) is 5.92 Å². The molecule has 2 atom stereocenters. The van der Waals surface area contributed by atoms with Crippen molar-refractivity contribution >= 4 is 22.9 Å². The summed E-state index contributed by atoms with van der Waals surface area (Å²) in [6.07, 6.45) is 2.23. The van der Waals surface area contributed by atoms with E-state index in [4.69, 9.17) is 4.74 Å². The van der Waals surface area contributed by atoms with Crippen molar-refractivity contribution in [1.82, 2.24) is 4.57 Å². The fraction of sp³-hybridized carbons (Fsp3) is 0.400. The summed E-state index contributed by atoms with van der Waals surface area (Å²) in [5, 5.41) is 0. The molecule has 2 aromatic rings. The maximum absolute atomic E-state index is 13.4. The van der Waals surface area contributed by atoms with Crippen LogP contribution in [-0.2, 0) is 32.7 Å². The summed E-state index contributed by atoms with van der Waals surface area (Å²) in [4.78, 5) is 26.7. The highest BCUT2D eigenvalue weighted by Crippen LogP contribution is 2.39. The number of methoxy groups -OCH3 is 1. The van der Waals surface area contributed by atoms with Crippen LogP contribution in [0.3, 0.4) is 0 Å². The molecule has 2 heterocycles. The Kier molecular flexibility index (Phi) is 5.25. The third kappa shape index (κ3) is 3.08. The van der Waals surface area contributed by atoms with Crippen molar-refractivity contribution in [3.8, 4) is 0 Å². The quantitative estimate of drug-likeness (QED) is 0.338. The Bertz CT molecular complexity index is 829. The number of nitrogens with zero attached hydrogens (tertiary/aromatic N) is 1. The first-order valence-corrected chi connectivity index (χ1v) is 9.99. The molecule has 0 spiro atoms. The van der Waals surface area contributed by atoms with E-state index in [2.05, 4.69) is 0 Å². The summed E-state index contributed by atoms with van der Waals surface area (Å²) in [6, 6.07) is 10.4. The number of rotatable bonds is 6. The molecule has 1 aromatic carbocycles. The summed E-state index contributed by atoms with van der Waals surface area (Å²) in [6.45, 7) is 4.60. The van der Waals surface area contributed by atoms with Gasteiger partial charge in [-0.1, -0.05) is 26.0 Å². The zero-order chi connectivity index (χ0) is 18.9. The van der Waals surface area contributed by atoms with Crippen LogP contribution in [0.1, 0.15) is 36.3 Å². The predicted octanol–water partition coefficient (Wildman–Crippen LogP) is 2.95. The summed E-state index contributed by atoms with van der Waals surface area (Å²) in [7, 11) is 1.30. The molecule has 0 amide bonds. The minimum Gasteiger partial charge on any atom is -0.611 e. The fourth-order valence-corrected chi connectivity index (χ4v) is 4.83. The topological polar surface area (TPSA) is 71.4 Å². The van der Waals surface area contributed by atoms with Gasteiger partial charge < -0.3 is 13.9 Å². The Balaban J connectivity index is 2.01. The van der Waals surface area contributed by atoms with E-state index < -0.39 is 22.6 Å². The molecule has 0 saturated heterocycles. The van der Waals surface area contributed by atoms with Gasteiger partial charge in [0.15, 0.2) is 16.1 Å². The number of carbonyl (C=O) groups excluding carboxylic acids is 2. The van der Waals surface area contributed by atoms with E-state index in [0.29, 0.717) is 34.9 Å². The van der Waals surface area contributed by atoms with Gasteiger partial charge in [0.05, 0.1) is 7.11 Å². The average molecular weight is 373 g/mol. The van der Waals surface area contributed by atoms with Gasteiger partial charge in [-0.05, 0) is 41.7 Å². The molecule has 0 aliphatic carbocycles. The van der Waals surface area contributed by atoms with Gasteiger partial charge in [-0.3, -0.25) is 9.59 Å². The summed E-state index contributed by atoms with van der Waals surface area (Å²) in [5.74, 6) is -0.0311. The Labute approximate surface area is 156 Å². The van der Waals surface area contributed by atoms with Gasteiger partial charge in [0, 0.05) is 30.1 Å². The van der Waals surface area contributed by atoms with Crippen LogP contribution in [0, 0.1) is 5.92 Å². The van der Waals surface area contributed by atoms with E-state index in [1.165, 1.54) is 7.11 Å². The number of aromatic nitrogens is 1. The van der Waals surface area contributed by atoms with Gasteiger partial charge >= 0.3 is 5.97 Å². The van der Waals surface area contributed by atoms with Crippen molar-refractivity contribution in [3.63, 3.8) is 0 Å². The highest BCUT2D eigenvalue weighted by Gasteiger charge is 2.53. The summed E-state index contributed by atoms with van der Waals surface area (Å²) >= 11 is -1.18. The van der Waals surface area contributed by atoms with E-state index in [9.17, 15) is 14.1 Å². The number of hydrogen-bond donors (Lipinski definition) is 0. The number of fused-ring (bicyclic) bond motifs is 1. The maximum atomic E-state index is 13.4. The third-order valence-electron chi connectivity index (χ3n) is 4.76. The molecule has 2 unspecified atom stereocenters. The second-order valence-corrected chi connectivity index (χ2v) is 8.49. The third-order valence-corrected chi connectivity index (χ3v) is 6.51. The van der Waals surface area contributed by atoms with Crippen molar-refractivity contribution < 1.29 is 18.9 Å². The van der Waals surface area contributed by atoms with Gasteiger partial charge in [-0.15, -0.1) is 0 Å². The molecule has 0 fully saturated rings. The lowest BCUT2D eigenvalue weighted by molar-refractivity contribution is -0.145. The molecule has 26 heavy (non-hydrogen) atoms. The van der Waals surface area contributed by atoms with E-state index in [1.54, 1.807) is 30.3 Å². The van der Waals surface area contributed by atoms with Gasteiger partial charge in [0.25, 0.3) is 0 Å². The molecule has 0 saturated carbocycles. The first kappa shape index (κ1) is 18.7. The second kappa shape index (κ2) is 7.29. The first-order valence-electron chi connectivity index (χ1n) is 8.67. The number of benzene rings is 1. The highest BCUT2D eigenvalue weighted by atomic mass is 32.2. The van der Waals surface area contributed by atoms with Crippen LogP contribution in [0.2, 0.25) is 0 Å². The molecule has 5 nitrogen and oxygen atoms in total. The normalized spacial score (nSPS) is 20.0. The van der Waals surface area contributed by atoms with Crippen molar-refractivity contribution in [3.05, 3.63) is 53.9 Å². The molecule has 1 aliphatic rings. The van der Waals surface area contributed by atoms with Gasteiger partial charge in [0.2, 0.25) is 0 Å². The van der Waals surface area contributed by atoms with Crippen LogP contribution >= 0.6 is 0 Å². The average Bonchev–Trinajstić information content (AvgIpc) is 3.23. The largest absolute Gasteiger partial charge is 0.611 e. The first-order chi connectivity index (χ1) is 12.4. The monoisotopic (exact) mass is 373 g/mol. The zero-order valence-corrected chi connectivity index (χ0v) is 16.0. The molecule has 3 rings (SSSR count). The Morgan fingerprint density at radius 2 is 2.08 bits per heavy atom. The SMILES string of the molecule is COC(=O)C1(C(=O)c2cccc([S+]([O-])CC(C)C)c2)CCn2cccc21. The number of esters is 1. The molecule has 0 radical (unpaired) electrons. The number of ketones is 1. The van der Waals surface area contributed by atoms with E-state index >= 15 is 0 Å². The standard InChI is InChI=1S/C20H23NO4S/c1-14(2)13-26(24)16-7-4-6-15(12-16)18(22)20(19(23)25-3)9-11-21-10-5-8-17(20)21/h4-8,10,12,14H,9,11,13H2,1-3H3. The molecule has 6 heteroatoms. The molecular formula is C20H23NO4S. The maximum Gasteiger partial charge on any atom is 0.325 e. The van der Waals surface area contributed by atoms with Gasteiger partial charge in [-0.25, -0.2) is 0 Å². The van der Waals surface area contributed by atoms with Gasteiger partial charge in [-0.2, -0.15) is 0 Å². The summed E-state index contributed by atoms with van der Waals surface area (Å²) in [5.41, 5.74) is -0.293. The van der Waals surface area contributed by atoms with Crippen LogP contribution in [0.15, 0.2) is 47.5 Å². The Morgan fingerprint density at radius 1 is 1.31 bits per heavy atom. The van der Waals surface area contributed by atoms with Gasteiger partial charge in [0.1, 0.15) is 5.75 Å². The number of aryl methyl sites for hydroxylation is 1.